The summed E-state index contributed by atoms with van der Waals surface area (Å²) < 4.78 is 29.3. The van der Waals surface area contributed by atoms with Gasteiger partial charge in [-0.05, 0) is 42.8 Å². The van der Waals surface area contributed by atoms with Crippen molar-refractivity contribution in [3.05, 3.63) is 77.6 Å². The molecule has 1 aromatic heterocycles. The van der Waals surface area contributed by atoms with E-state index < -0.39 is 34.9 Å². The van der Waals surface area contributed by atoms with Crippen LogP contribution in [0.3, 0.4) is 0 Å². The fraction of sp³-hybridized carbons (Fsp3) is 0.111. The van der Waals surface area contributed by atoms with Gasteiger partial charge >= 0.3 is 0 Å². The highest BCUT2D eigenvalue weighted by Gasteiger charge is 2.22. The fourth-order valence-corrected chi connectivity index (χ4v) is 2.46. The summed E-state index contributed by atoms with van der Waals surface area (Å²) in [5, 5.41) is 16.0. The third-order valence-corrected chi connectivity index (χ3v) is 3.78. The smallest absolute Gasteiger partial charge is 0.257 e. The molecule has 25 heavy (non-hydrogen) atoms. The molecule has 0 spiro atoms. The van der Waals surface area contributed by atoms with Crippen LogP contribution in [0.1, 0.15) is 28.9 Å². The lowest BCUT2D eigenvalue weighted by atomic mass is 10.1. The Kier molecular flexibility index (Phi) is 4.47. The van der Waals surface area contributed by atoms with Crippen molar-refractivity contribution in [2.75, 3.05) is 0 Å². The van der Waals surface area contributed by atoms with Crippen LogP contribution in [0.4, 0.5) is 8.78 Å². The number of phenolic OH excluding ortho intramolecular Hbond substituents is 1. The molecule has 1 heterocycles. The lowest BCUT2D eigenvalue weighted by Gasteiger charge is -2.16. The number of amides is 1. The molecule has 2 aromatic carbocycles. The Morgan fingerprint density at radius 1 is 1.24 bits per heavy atom. The number of benzene rings is 2. The van der Waals surface area contributed by atoms with Crippen LogP contribution in [-0.4, -0.2) is 20.8 Å². The van der Waals surface area contributed by atoms with Gasteiger partial charge in [0.05, 0.1) is 11.7 Å². The Labute approximate surface area is 142 Å². The third-order valence-electron chi connectivity index (χ3n) is 3.78. The van der Waals surface area contributed by atoms with Crippen molar-refractivity contribution < 1.29 is 18.7 Å². The monoisotopic (exact) mass is 343 g/mol. The van der Waals surface area contributed by atoms with Crippen LogP contribution in [0.2, 0.25) is 0 Å². The Morgan fingerprint density at radius 2 is 2.04 bits per heavy atom. The van der Waals surface area contributed by atoms with Gasteiger partial charge in [-0.25, -0.2) is 13.5 Å². The number of aromatic hydroxyl groups is 1. The van der Waals surface area contributed by atoms with Crippen molar-refractivity contribution in [3.8, 4) is 11.4 Å². The molecule has 0 fully saturated rings. The van der Waals surface area contributed by atoms with E-state index in [0.717, 1.165) is 23.4 Å². The number of aromatic nitrogens is 2. The number of hydrogen-bond donors (Lipinski definition) is 2. The number of nitrogens with zero attached hydrogens (tertiary/aromatic N) is 2. The number of hydrogen-bond acceptors (Lipinski definition) is 3. The molecule has 1 unspecified atom stereocenters. The molecule has 1 atom stereocenters. The second-order valence-corrected chi connectivity index (χ2v) is 5.50. The Balaban J connectivity index is 1.83. The van der Waals surface area contributed by atoms with Crippen LogP contribution in [0, 0.1) is 11.6 Å². The first kappa shape index (κ1) is 16.6. The van der Waals surface area contributed by atoms with Crippen LogP contribution >= 0.6 is 0 Å². The van der Waals surface area contributed by atoms with Gasteiger partial charge in [-0.3, -0.25) is 4.79 Å². The molecular formula is C18H15F2N3O2. The molecule has 0 aliphatic rings. The highest BCUT2D eigenvalue weighted by Crippen LogP contribution is 2.23. The van der Waals surface area contributed by atoms with Gasteiger partial charge in [-0.15, -0.1) is 0 Å². The highest BCUT2D eigenvalue weighted by atomic mass is 19.1. The second kappa shape index (κ2) is 6.72. The Hall–Kier alpha value is -3.22. The molecule has 2 N–H and O–H groups in total. The van der Waals surface area contributed by atoms with Crippen molar-refractivity contribution >= 4 is 5.91 Å². The molecule has 7 heteroatoms. The summed E-state index contributed by atoms with van der Waals surface area (Å²) in [5.41, 5.74) is 0.718. The van der Waals surface area contributed by atoms with Gasteiger partial charge in [0.15, 0.2) is 11.6 Å². The minimum Gasteiger partial charge on any atom is -0.505 e. The first-order chi connectivity index (χ1) is 12.0. The minimum absolute atomic E-state index is 0.510. The van der Waals surface area contributed by atoms with E-state index in [1.165, 1.54) is 0 Å². The van der Waals surface area contributed by atoms with Gasteiger partial charge in [0.2, 0.25) is 0 Å². The van der Waals surface area contributed by atoms with Crippen LogP contribution in [0.15, 0.2) is 54.9 Å². The van der Waals surface area contributed by atoms with E-state index in [1.54, 1.807) is 42.2 Å². The van der Waals surface area contributed by atoms with Gasteiger partial charge < -0.3 is 10.4 Å². The average Bonchev–Trinajstić information content (AvgIpc) is 3.13. The second-order valence-electron chi connectivity index (χ2n) is 5.50. The van der Waals surface area contributed by atoms with Crippen molar-refractivity contribution in [2.45, 2.75) is 13.0 Å². The summed E-state index contributed by atoms with van der Waals surface area (Å²) in [5.74, 6) is -4.04. The van der Waals surface area contributed by atoms with E-state index in [4.69, 9.17) is 0 Å². The van der Waals surface area contributed by atoms with Crippen LogP contribution < -0.4 is 5.32 Å². The number of carbonyl (C=O) groups is 1. The highest BCUT2D eigenvalue weighted by molar-refractivity contribution is 5.95. The number of halogens is 2. The fourth-order valence-electron chi connectivity index (χ4n) is 2.46. The van der Waals surface area contributed by atoms with Gasteiger partial charge in [0.25, 0.3) is 5.91 Å². The molecule has 5 nitrogen and oxygen atoms in total. The molecule has 0 bridgehead atoms. The number of rotatable bonds is 4. The van der Waals surface area contributed by atoms with Gasteiger partial charge in [-0.2, -0.15) is 5.10 Å². The van der Waals surface area contributed by atoms with Crippen molar-refractivity contribution in [2.24, 2.45) is 0 Å². The zero-order chi connectivity index (χ0) is 18.0. The first-order valence-corrected chi connectivity index (χ1v) is 7.55. The van der Waals surface area contributed by atoms with Crippen molar-refractivity contribution in [1.29, 1.82) is 0 Å². The Bertz CT molecular complexity index is 911. The predicted octanol–water partition coefficient (Wildman–Crippen LogP) is 3.35. The maximum absolute atomic E-state index is 13.9. The largest absolute Gasteiger partial charge is 0.505 e. The number of phenols is 1. The lowest BCUT2D eigenvalue weighted by Crippen LogP contribution is -2.28. The molecule has 128 valence electrons. The normalized spacial score (nSPS) is 12.0. The summed E-state index contributed by atoms with van der Waals surface area (Å²) in [6.07, 6.45) is 3.42. The topological polar surface area (TPSA) is 67.2 Å². The van der Waals surface area contributed by atoms with Gasteiger partial charge in [0.1, 0.15) is 11.4 Å². The summed E-state index contributed by atoms with van der Waals surface area (Å²) >= 11 is 0. The van der Waals surface area contributed by atoms with E-state index >= 15 is 0 Å². The van der Waals surface area contributed by atoms with E-state index in [0.29, 0.717) is 0 Å². The van der Waals surface area contributed by atoms with Crippen LogP contribution in [0.25, 0.3) is 5.69 Å². The zero-order valence-electron chi connectivity index (χ0n) is 13.3. The number of carbonyl (C=O) groups excluding carboxylic acids is 1. The molecule has 0 aliphatic heterocycles. The molecule has 0 radical (unpaired) electrons. The van der Waals surface area contributed by atoms with Crippen molar-refractivity contribution in [3.63, 3.8) is 0 Å². The maximum Gasteiger partial charge on any atom is 0.257 e. The standard InChI is InChI=1S/C18H15F2N3O2/c1-11(12-4-2-5-13(10-12)23-9-3-8-21-23)22-18(25)16-14(19)6-7-15(24)17(16)20/h2-11,24H,1H3,(H,22,25). The maximum atomic E-state index is 13.9. The summed E-state index contributed by atoms with van der Waals surface area (Å²) in [6, 6.07) is 10.2. The molecule has 0 saturated carbocycles. The van der Waals surface area contributed by atoms with Crippen LogP contribution in [-0.2, 0) is 0 Å². The van der Waals surface area contributed by atoms with E-state index in [-0.39, 0.29) is 0 Å². The predicted molar refractivity (Wildman–Crippen MR) is 87.5 cm³/mol. The van der Waals surface area contributed by atoms with E-state index in [1.807, 2.05) is 12.1 Å². The van der Waals surface area contributed by atoms with Crippen molar-refractivity contribution in [1.82, 2.24) is 15.1 Å². The molecular weight excluding hydrogens is 328 g/mol. The van der Waals surface area contributed by atoms with Gasteiger partial charge in [0, 0.05) is 12.4 Å². The molecule has 3 rings (SSSR count). The average molecular weight is 343 g/mol. The zero-order valence-corrected chi connectivity index (χ0v) is 13.3. The molecule has 0 aliphatic carbocycles. The summed E-state index contributed by atoms with van der Waals surface area (Å²) in [7, 11) is 0. The van der Waals surface area contributed by atoms with Crippen LogP contribution in [0.5, 0.6) is 5.75 Å². The molecule has 0 saturated heterocycles. The Morgan fingerprint density at radius 3 is 2.76 bits per heavy atom. The first-order valence-electron chi connectivity index (χ1n) is 7.55. The van der Waals surface area contributed by atoms with Gasteiger partial charge in [-0.1, -0.05) is 12.1 Å². The van der Waals surface area contributed by atoms with E-state index in [9.17, 15) is 18.7 Å². The number of nitrogens with one attached hydrogen (secondary N) is 1. The quantitative estimate of drug-likeness (QED) is 0.763. The molecule has 3 aromatic rings. The third kappa shape index (κ3) is 3.35. The summed E-state index contributed by atoms with van der Waals surface area (Å²) in [6.45, 7) is 1.69. The SMILES string of the molecule is CC(NC(=O)c1c(F)ccc(O)c1F)c1cccc(-n2cccn2)c1. The lowest BCUT2D eigenvalue weighted by molar-refractivity contribution is 0.0930. The van der Waals surface area contributed by atoms with E-state index in [2.05, 4.69) is 10.4 Å². The summed E-state index contributed by atoms with van der Waals surface area (Å²) in [4.78, 5) is 12.2. The molecule has 1 amide bonds. The minimum atomic E-state index is -1.28.